The second kappa shape index (κ2) is 14.9. The van der Waals surface area contributed by atoms with Crippen LogP contribution in [0.3, 0.4) is 0 Å². The molecule has 0 fully saturated rings. The number of carbonyl (C=O) groups excluding carboxylic acids is 2. The fourth-order valence-corrected chi connectivity index (χ4v) is 5.22. The Kier molecular flexibility index (Phi) is 12.2. The van der Waals surface area contributed by atoms with Crippen molar-refractivity contribution in [2.24, 2.45) is 17.8 Å². The Hall–Kier alpha value is -2.74. The molecule has 0 aliphatic rings. The van der Waals surface area contributed by atoms with E-state index in [-0.39, 0.29) is 23.9 Å². The molecule has 0 aliphatic heterocycles. The number of thiazole rings is 1. The van der Waals surface area contributed by atoms with Crippen molar-refractivity contribution in [1.82, 2.24) is 15.2 Å². The molecule has 1 aromatic heterocycles. The second-order valence-corrected chi connectivity index (χ2v) is 11.5. The standard InChI is InChI=1S/C29H43N3O4S/c1-7-20(4)15-27(33)32(6)25(19(2)3)13-14-26-31-24(18-37-26)28(34)30-23(16-21(5)29(35)36)17-22-11-9-8-10-12-22/h8-12,18-21,23,25H,7,13-17H2,1-6H3,(H,30,34)(H,35,36)/t20-,21-,23+,25?/m0/s1. The Morgan fingerprint density at radius 2 is 1.78 bits per heavy atom. The lowest BCUT2D eigenvalue weighted by Crippen LogP contribution is -2.41. The normalized spacial score (nSPS) is 14.6. The third kappa shape index (κ3) is 9.91. The molecule has 0 bridgehead atoms. The molecular weight excluding hydrogens is 486 g/mol. The fourth-order valence-electron chi connectivity index (χ4n) is 4.43. The van der Waals surface area contributed by atoms with E-state index in [2.05, 4.69) is 38.0 Å². The number of carboxylic acids is 1. The smallest absolute Gasteiger partial charge is 0.306 e. The first-order valence-electron chi connectivity index (χ1n) is 13.3. The maximum atomic E-state index is 13.0. The number of hydrogen-bond acceptors (Lipinski definition) is 5. The van der Waals surface area contributed by atoms with Gasteiger partial charge in [-0.3, -0.25) is 14.4 Å². The lowest BCUT2D eigenvalue weighted by Gasteiger charge is -2.32. The molecule has 0 aliphatic carbocycles. The molecule has 2 rings (SSSR count). The Morgan fingerprint density at radius 3 is 2.38 bits per heavy atom. The van der Waals surface area contributed by atoms with Crippen molar-refractivity contribution in [1.29, 1.82) is 0 Å². The van der Waals surface area contributed by atoms with E-state index in [0.717, 1.165) is 23.4 Å². The molecule has 1 unspecified atom stereocenters. The van der Waals surface area contributed by atoms with E-state index in [4.69, 9.17) is 0 Å². The number of hydrogen-bond donors (Lipinski definition) is 2. The van der Waals surface area contributed by atoms with Gasteiger partial charge in [-0.1, -0.05) is 71.4 Å². The average molecular weight is 530 g/mol. The Morgan fingerprint density at radius 1 is 1.11 bits per heavy atom. The number of nitrogens with zero attached hydrogens (tertiary/aromatic N) is 2. The molecule has 0 saturated carbocycles. The van der Waals surface area contributed by atoms with E-state index in [1.165, 1.54) is 11.3 Å². The van der Waals surface area contributed by atoms with E-state index >= 15 is 0 Å². The summed E-state index contributed by atoms with van der Waals surface area (Å²) in [5.74, 6) is -0.895. The SMILES string of the molecule is CC[C@H](C)CC(=O)N(C)C(CCc1nc(C(=O)N[C@@H](Cc2ccccc2)C[C@H](C)C(=O)O)cs1)C(C)C. The summed E-state index contributed by atoms with van der Waals surface area (Å²) < 4.78 is 0. The summed E-state index contributed by atoms with van der Waals surface area (Å²) in [6, 6.07) is 9.52. The van der Waals surface area contributed by atoms with Crippen molar-refractivity contribution in [3.63, 3.8) is 0 Å². The minimum atomic E-state index is -0.879. The van der Waals surface area contributed by atoms with Gasteiger partial charge in [-0.2, -0.15) is 0 Å². The third-order valence-corrected chi connectivity index (χ3v) is 7.95. The molecule has 4 atom stereocenters. The maximum Gasteiger partial charge on any atom is 0.306 e. The highest BCUT2D eigenvalue weighted by molar-refractivity contribution is 7.09. The van der Waals surface area contributed by atoms with Crippen molar-refractivity contribution < 1.29 is 19.5 Å². The molecule has 8 heteroatoms. The van der Waals surface area contributed by atoms with Gasteiger partial charge in [-0.25, -0.2) is 4.98 Å². The molecule has 0 spiro atoms. The average Bonchev–Trinajstić information content (AvgIpc) is 3.33. The molecular formula is C29H43N3O4S. The summed E-state index contributed by atoms with van der Waals surface area (Å²) >= 11 is 1.45. The molecule has 204 valence electrons. The van der Waals surface area contributed by atoms with Gasteiger partial charge in [0.1, 0.15) is 5.69 Å². The van der Waals surface area contributed by atoms with Crippen molar-refractivity contribution in [2.45, 2.75) is 85.2 Å². The molecule has 0 saturated heterocycles. The van der Waals surface area contributed by atoms with Crippen LogP contribution in [0, 0.1) is 17.8 Å². The van der Waals surface area contributed by atoms with Crippen LogP contribution >= 0.6 is 11.3 Å². The molecule has 2 N–H and O–H groups in total. The highest BCUT2D eigenvalue weighted by Gasteiger charge is 2.25. The minimum absolute atomic E-state index is 0.102. The fraction of sp³-hybridized carbons (Fsp3) is 0.586. The number of amides is 2. The number of nitrogens with one attached hydrogen (secondary N) is 1. The van der Waals surface area contributed by atoms with Crippen molar-refractivity contribution in [3.8, 4) is 0 Å². The molecule has 37 heavy (non-hydrogen) atoms. The highest BCUT2D eigenvalue weighted by atomic mass is 32.1. The van der Waals surface area contributed by atoms with Gasteiger partial charge < -0.3 is 15.3 Å². The zero-order valence-corrected chi connectivity index (χ0v) is 23.9. The maximum absolute atomic E-state index is 13.0. The second-order valence-electron chi connectivity index (χ2n) is 10.5. The number of carboxylic acid groups (broad SMARTS) is 1. The van der Waals surface area contributed by atoms with Crippen molar-refractivity contribution in [3.05, 3.63) is 52.0 Å². The summed E-state index contributed by atoms with van der Waals surface area (Å²) in [5, 5.41) is 15.0. The van der Waals surface area contributed by atoms with Crippen LogP contribution in [0.4, 0.5) is 0 Å². The molecule has 0 radical (unpaired) electrons. The van der Waals surface area contributed by atoms with Crippen LogP contribution in [0.15, 0.2) is 35.7 Å². The van der Waals surface area contributed by atoms with Crippen LogP contribution in [-0.4, -0.2) is 51.9 Å². The van der Waals surface area contributed by atoms with Gasteiger partial charge in [-0.05, 0) is 36.7 Å². The topological polar surface area (TPSA) is 99.6 Å². The van der Waals surface area contributed by atoms with E-state index < -0.39 is 11.9 Å². The molecule has 7 nitrogen and oxygen atoms in total. The summed E-state index contributed by atoms with van der Waals surface area (Å²) in [6.45, 7) is 10.1. The number of benzene rings is 1. The first-order chi connectivity index (χ1) is 17.5. The van der Waals surface area contributed by atoms with Crippen molar-refractivity contribution >= 4 is 29.1 Å². The number of aliphatic carboxylic acids is 1. The zero-order valence-electron chi connectivity index (χ0n) is 23.1. The van der Waals surface area contributed by atoms with E-state index in [1.54, 1.807) is 12.3 Å². The van der Waals surface area contributed by atoms with Gasteiger partial charge >= 0.3 is 5.97 Å². The number of carbonyl (C=O) groups is 3. The monoisotopic (exact) mass is 529 g/mol. The predicted molar refractivity (Wildman–Crippen MR) is 149 cm³/mol. The van der Waals surface area contributed by atoms with Crippen molar-refractivity contribution in [2.75, 3.05) is 7.05 Å². The third-order valence-electron chi connectivity index (χ3n) is 7.04. The summed E-state index contributed by atoms with van der Waals surface area (Å²) in [4.78, 5) is 43.6. The first kappa shape index (κ1) is 30.5. The van der Waals surface area contributed by atoms with Gasteiger partial charge in [0.15, 0.2) is 0 Å². The number of aryl methyl sites for hydroxylation is 1. The highest BCUT2D eigenvalue weighted by Crippen LogP contribution is 2.21. The van der Waals surface area contributed by atoms with Crippen LogP contribution in [-0.2, 0) is 22.4 Å². The number of rotatable bonds is 15. The van der Waals surface area contributed by atoms with E-state index in [1.807, 2.05) is 42.3 Å². The van der Waals surface area contributed by atoms with Crippen LogP contribution in [0.5, 0.6) is 0 Å². The molecule has 2 aromatic rings. The summed E-state index contributed by atoms with van der Waals surface area (Å²) in [5.41, 5.74) is 1.39. The van der Waals surface area contributed by atoms with E-state index in [9.17, 15) is 19.5 Å². The van der Waals surface area contributed by atoms with Crippen LogP contribution in [0.25, 0.3) is 0 Å². The molecule has 2 amide bonds. The lowest BCUT2D eigenvalue weighted by molar-refractivity contribution is -0.141. The van der Waals surface area contributed by atoms with Crippen LogP contribution in [0.1, 0.15) is 81.4 Å². The Balaban J connectivity index is 2.03. The van der Waals surface area contributed by atoms with E-state index in [0.29, 0.717) is 43.2 Å². The van der Waals surface area contributed by atoms with Gasteiger partial charge in [0, 0.05) is 37.4 Å². The van der Waals surface area contributed by atoms with Gasteiger partial charge in [0.05, 0.1) is 10.9 Å². The van der Waals surface area contributed by atoms with Crippen LogP contribution in [0.2, 0.25) is 0 Å². The van der Waals surface area contributed by atoms with Gasteiger partial charge in [0.25, 0.3) is 5.91 Å². The quantitative estimate of drug-likeness (QED) is 0.320. The zero-order chi connectivity index (χ0) is 27.5. The predicted octanol–water partition coefficient (Wildman–Crippen LogP) is 5.45. The summed E-state index contributed by atoms with van der Waals surface area (Å²) in [7, 11) is 1.89. The molecule has 1 heterocycles. The lowest BCUT2D eigenvalue weighted by atomic mass is 9.96. The van der Waals surface area contributed by atoms with Crippen LogP contribution < -0.4 is 5.32 Å². The number of aromatic nitrogens is 1. The van der Waals surface area contributed by atoms with Gasteiger partial charge in [-0.15, -0.1) is 11.3 Å². The molecule has 1 aromatic carbocycles. The minimum Gasteiger partial charge on any atom is -0.481 e. The Labute approximate surface area is 225 Å². The Bertz CT molecular complexity index is 1010. The summed E-state index contributed by atoms with van der Waals surface area (Å²) in [6.07, 6.45) is 3.89. The van der Waals surface area contributed by atoms with Gasteiger partial charge in [0.2, 0.25) is 5.91 Å². The first-order valence-corrected chi connectivity index (χ1v) is 14.2. The largest absolute Gasteiger partial charge is 0.481 e.